The van der Waals surface area contributed by atoms with Crippen molar-refractivity contribution in [3.05, 3.63) is 29.3 Å². The predicted molar refractivity (Wildman–Crippen MR) is 81.5 cm³/mol. The molecule has 0 aromatic heterocycles. The molecular weight excluding hydrogens is 284 g/mol. The lowest BCUT2D eigenvalue weighted by atomic mass is 9.79. The highest BCUT2D eigenvalue weighted by Gasteiger charge is 2.35. The molecule has 0 heterocycles. The van der Waals surface area contributed by atoms with E-state index in [0.717, 1.165) is 29.7 Å². The number of likely N-dealkylation sites (N-methyl/N-ethyl adjacent to an activating group) is 1. The molecule has 0 bridgehead atoms. The predicted octanol–water partition coefficient (Wildman–Crippen LogP) is 0.471. The van der Waals surface area contributed by atoms with E-state index in [1.807, 2.05) is 12.1 Å². The van der Waals surface area contributed by atoms with Gasteiger partial charge in [0.2, 0.25) is 0 Å². The molecule has 1 aliphatic rings. The van der Waals surface area contributed by atoms with Gasteiger partial charge in [-0.25, -0.2) is 0 Å². The van der Waals surface area contributed by atoms with Crippen LogP contribution in [0, 0.1) is 0 Å². The van der Waals surface area contributed by atoms with Crippen LogP contribution in [0.25, 0.3) is 0 Å². The van der Waals surface area contributed by atoms with Gasteiger partial charge >= 0.3 is 11.8 Å². The van der Waals surface area contributed by atoms with Crippen LogP contribution in [-0.4, -0.2) is 37.1 Å². The standard InChI is InChI=1S/C16H22N2O4/c1-3-17-14(19)15(20)18-10-16(21)8-4-5-11-9-12(22-2)6-7-13(11)16/h6-7,9,21H,3-5,8,10H2,1-2H3,(H,17,19)(H,18,20). The van der Waals surface area contributed by atoms with E-state index in [9.17, 15) is 14.7 Å². The van der Waals surface area contributed by atoms with Crippen LogP contribution in [0.15, 0.2) is 18.2 Å². The molecule has 6 nitrogen and oxygen atoms in total. The third kappa shape index (κ3) is 3.39. The summed E-state index contributed by atoms with van der Waals surface area (Å²) < 4.78 is 5.20. The molecule has 0 saturated carbocycles. The van der Waals surface area contributed by atoms with E-state index in [1.165, 1.54) is 0 Å². The van der Waals surface area contributed by atoms with Gasteiger partial charge in [-0.3, -0.25) is 9.59 Å². The van der Waals surface area contributed by atoms with E-state index >= 15 is 0 Å². The van der Waals surface area contributed by atoms with Crippen molar-refractivity contribution < 1.29 is 19.4 Å². The third-order valence-electron chi connectivity index (χ3n) is 3.94. The number of hydrogen-bond donors (Lipinski definition) is 3. The first-order chi connectivity index (χ1) is 10.5. The molecule has 2 rings (SSSR count). The van der Waals surface area contributed by atoms with Gasteiger partial charge < -0.3 is 20.5 Å². The largest absolute Gasteiger partial charge is 0.497 e. The normalized spacial score (nSPS) is 20.0. The Hall–Kier alpha value is -2.08. The fraction of sp³-hybridized carbons (Fsp3) is 0.500. The summed E-state index contributed by atoms with van der Waals surface area (Å²) in [7, 11) is 1.60. The van der Waals surface area contributed by atoms with Crippen LogP contribution < -0.4 is 15.4 Å². The molecule has 0 saturated heterocycles. The summed E-state index contributed by atoms with van der Waals surface area (Å²) in [6, 6.07) is 5.53. The number of aryl methyl sites for hydroxylation is 1. The maximum absolute atomic E-state index is 11.7. The quantitative estimate of drug-likeness (QED) is 0.706. The van der Waals surface area contributed by atoms with E-state index < -0.39 is 17.4 Å². The van der Waals surface area contributed by atoms with E-state index in [-0.39, 0.29) is 6.54 Å². The number of ether oxygens (including phenoxy) is 1. The highest BCUT2D eigenvalue weighted by atomic mass is 16.5. The van der Waals surface area contributed by atoms with Crippen LogP contribution in [0.3, 0.4) is 0 Å². The molecule has 120 valence electrons. The Morgan fingerprint density at radius 1 is 1.32 bits per heavy atom. The molecule has 1 aromatic carbocycles. The van der Waals surface area contributed by atoms with Crippen molar-refractivity contribution in [3.63, 3.8) is 0 Å². The van der Waals surface area contributed by atoms with Gasteiger partial charge in [-0.2, -0.15) is 0 Å². The van der Waals surface area contributed by atoms with E-state index in [0.29, 0.717) is 13.0 Å². The van der Waals surface area contributed by atoms with Crippen LogP contribution in [0.2, 0.25) is 0 Å². The molecule has 1 aliphatic carbocycles. The van der Waals surface area contributed by atoms with Crippen LogP contribution in [0.5, 0.6) is 5.75 Å². The van der Waals surface area contributed by atoms with Gasteiger partial charge in [0.1, 0.15) is 11.4 Å². The monoisotopic (exact) mass is 306 g/mol. The summed E-state index contributed by atoms with van der Waals surface area (Å²) in [5.41, 5.74) is 0.651. The molecule has 0 radical (unpaired) electrons. The van der Waals surface area contributed by atoms with Gasteiger partial charge in [-0.05, 0) is 49.4 Å². The first kappa shape index (κ1) is 16.3. The Bertz CT molecular complexity index is 573. The zero-order valence-electron chi connectivity index (χ0n) is 12.9. The molecule has 3 N–H and O–H groups in total. The molecule has 1 unspecified atom stereocenters. The Morgan fingerprint density at radius 3 is 2.73 bits per heavy atom. The van der Waals surface area contributed by atoms with Crippen molar-refractivity contribution in [3.8, 4) is 5.75 Å². The minimum absolute atomic E-state index is 0.0162. The zero-order valence-corrected chi connectivity index (χ0v) is 12.9. The van der Waals surface area contributed by atoms with Gasteiger partial charge in [0.05, 0.1) is 13.7 Å². The molecule has 6 heteroatoms. The lowest BCUT2D eigenvalue weighted by Crippen LogP contribution is -2.47. The van der Waals surface area contributed by atoms with Gasteiger partial charge in [-0.15, -0.1) is 0 Å². The lowest BCUT2D eigenvalue weighted by Gasteiger charge is -2.34. The number of nitrogens with one attached hydrogen (secondary N) is 2. The average molecular weight is 306 g/mol. The fourth-order valence-electron chi connectivity index (χ4n) is 2.80. The zero-order chi connectivity index (χ0) is 16.2. The first-order valence-corrected chi connectivity index (χ1v) is 7.46. The summed E-state index contributed by atoms with van der Waals surface area (Å²) in [6.07, 6.45) is 2.22. The third-order valence-corrected chi connectivity index (χ3v) is 3.94. The summed E-state index contributed by atoms with van der Waals surface area (Å²) in [5.74, 6) is -0.665. The van der Waals surface area contributed by atoms with Crippen molar-refractivity contribution in [1.29, 1.82) is 0 Å². The lowest BCUT2D eigenvalue weighted by molar-refractivity contribution is -0.139. The summed E-state index contributed by atoms with van der Waals surface area (Å²) in [4.78, 5) is 23.1. The maximum atomic E-state index is 11.7. The molecule has 1 atom stereocenters. The minimum Gasteiger partial charge on any atom is -0.497 e. The van der Waals surface area contributed by atoms with Gasteiger partial charge in [-0.1, -0.05) is 6.07 Å². The highest BCUT2D eigenvalue weighted by molar-refractivity contribution is 6.35. The van der Waals surface area contributed by atoms with E-state index in [1.54, 1.807) is 20.1 Å². The smallest absolute Gasteiger partial charge is 0.309 e. The van der Waals surface area contributed by atoms with Gasteiger partial charge in [0, 0.05) is 6.54 Å². The Morgan fingerprint density at radius 2 is 2.05 bits per heavy atom. The number of amides is 2. The number of benzene rings is 1. The molecule has 0 aliphatic heterocycles. The van der Waals surface area contributed by atoms with Gasteiger partial charge in [0.15, 0.2) is 0 Å². The minimum atomic E-state index is -1.15. The Kier molecular flexibility index (Phi) is 5.03. The number of aliphatic hydroxyl groups is 1. The number of methoxy groups -OCH3 is 1. The second kappa shape index (κ2) is 6.79. The SMILES string of the molecule is CCNC(=O)C(=O)NCC1(O)CCCc2cc(OC)ccc21. The van der Waals surface area contributed by atoms with Crippen LogP contribution in [0.1, 0.15) is 30.9 Å². The number of hydrogen-bond acceptors (Lipinski definition) is 4. The molecular formula is C16H22N2O4. The molecule has 22 heavy (non-hydrogen) atoms. The number of fused-ring (bicyclic) bond motifs is 1. The van der Waals surface area contributed by atoms with Crippen molar-refractivity contribution in [2.75, 3.05) is 20.2 Å². The van der Waals surface area contributed by atoms with Crippen molar-refractivity contribution in [1.82, 2.24) is 10.6 Å². The topological polar surface area (TPSA) is 87.7 Å². The molecule has 0 fully saturated rings. The van der Waals surface area contributed by atoms with Crippen LogP contribution >= 0.6 is 0 Å². The number of rotatable bonds is 4. The second-order valence-corrected chi connectivity index (χ2v) is 5.45. The maximum Gasteiger partial charge on any atom is 0.309 e. The Labute approximate surface area is 129 Å². The fourth-order valence-corrected chi connectivity index (χ4v) is 2.80. The van der Waals surface area contributed by atoms with Crippen molar-refractivity contribution in [2.45, 2.75) is 31.8 Å². The van der Waals surface area contributed by atoms with Crippen LogP contribution in [-0.2, 0) is 21.6 Å². The number of carbonyl (C=O) groups is 2. The average Bonchev–Trinajstić information content (AvgIpc) is 2.52. The van der Waals surface area contributed by atoms with Gasteiger partial charge in [0.25, 0.3) is 0 Å². The highest BCUT2D eigenvalue weighted by Crippen LogP contribution is 2.36. The molecule has 1 aromatic rings. The second-order valence-electron chi connectivity index (χ2n) is 5.45. The number of carbonyl (C=O) groups excluding carboxylic acids is 2. The Balaban J connectivity index is 2.12. The first-order valence-electron chi connectivity index (χ1n) is 7.46. The summed E-state index contributed by atoms with van der Waals surface area (Å²) >= 11 is 0. The van der Waals surface area contributed by atoms with Crippen molar-refractivity contribution >= 4 is 11.8 Å². The summed E-state index contributed by atoms with van der Waals surface area (Å²) in [5, 5.41) is 15.8. The molecule has 2 amide bonds. The van der Waals surface area contributed by atoms with E-state index in [2.05, 4.69) is 10.6 Å². The van der Waals surface area contributed by atoms with Crippen molar-refractivity contribution in [2.24, 2.45) is 0 Å². The van der Waals surface area contributed by atoms with E-state index in [4.69, 9.17) is 4.74 Å². The van der Waals surface area contributed by atoms with Crippen LogP contribution in [0.4, 0.5) is 0 Å². The summed E-state index contributed by atoms with van der Waals surface area (Å²) in [6.45, 7) is 2.14. The molecule has 0 spiro atoms.